The molecule has 0 saturated carbocycles. The molecular weight excluding hydrogens is 174 g/mol. The number of rotatable bonds is 7. The van der Waals surface area contributed by atoms with Crippen molar-refractivity contribution in [2.45, 2.75) is 52.1 Å². The van der Waals surface area contributed by atoms with Gasteiger partial charge in [0, 0.05) is 6.61 Å². The standard InChI is InChI=1S/C12H25NO/c1-3-11(2)10-13-8-4-6-12-7-5-9-14-12/h11-13H,3-10H2,1-2H3. The zero-order chi connectivity index (χ0) is 10.2. The molecule has 84 valence electrons. The summed E-state index contributed by atoms with van der Waals surface area (Å²) in [6.07, 6.45) is 6.91. The van der Waals surface area contributed by atoms with Crippen LogP contribution in [0.2, 0.25) is 0 Å². The molecule has 0 bridgehead atoms. The summed E-state index contributed by atoms with van der Waals surface area (Å²) in [6, 6.07) is 0. The molecule has 14 heavy (non-hydrogen) atoms. The molecule has 2 atom stereocenters. The second kappa shape index (κ2) is 7.24. The lowest BCUT2D eigenvalue weighted by atomic mass is 10.1. The minimum Gasteiger partial charge on any atom is -0.378 e. The van der Waals surface area contributed by atoms with Crippen LogP contribution in [-0.4, -0.2) is 25.8 Å². The van der Waals surface area contributed by atoms with Gasteiger partial charge in [-0.3, -0.25) is 0 Å². The molecular formula is C12H25NO. The van der Waals surface area contributed by atoms with Crippen molar-refractivity contribution in [1.82, 2.24) is 5.32 Å². The molecule has 0 aromatic heterocycles. The van der Waals surface area contributed by atoms with Crippen LogP contribution >= 0.6 is 0 Å². The summed E-state index contributed by atoms with van der Waals surface area (Å²) in [5.41, 5.74) is 0. The van der Waals surface area contributed by atoms with Gasteiger partial charge in [-0.1, -0.05) is 20.3 Å². The average molecular weight is 199 g/mol. The van der Waals surface area contributed by atoms with E-state index in [1.807, 2.05) is 0 Å². The lowest BCUT2D eigenvalue weighted by Crippen LogP contribution is -2.22. The Bertz CT molecular complexity index is 132. The van der Waals surface area contributed by atoms with E-state index in [0.29, 0.717) is 6.10 Å². The predicted octanol–water partition coefficient (Wildman–Crippen LogP) is 2.58. The van der Waals surface area contributed by atoms with E-state index in [0.717, 1.165) is 19.1 Å². The quantitative estimate of drug-likeness (QED) is 0.636. The summed E-state index contributed by atoms with van der Waals surface area (Å²) in [5, 5.41) is 3.50. The van der Waals surface area contributed by atoms with Crippen molar-refractivity contribution in [1.29, 1.82) is 0 Å². The predicted molar refractivity (Wildman–Crippen MR) is 60.5 cm³/mol. The molecule has 0 aromatic carbocycles. The molecule has 2 nitrogen and oxygen atoms in total. The van der Waals surface area contributed by atoms with Crippen molar-refractivity contribution in [2.24, 2.45) is 5.92 Å². The van der Waals surface area contributed by atoms with Gasteiger partial charge < -0.3 is 10.1 Å². The molecule has 1 heterocycles. The topological polar surface area (TPSA) is 21.3 Å². The van der Waals surface area contributed by atoms with E-state index in [-0.39, 0.29) is 0 Å². The van der Waals surface area contributed by atoms with Crippen LogP contribution in [0.25, 0.3) is 0 Å². The van der Waals surface area contributed by atoms with Crippen molar-refractivity contribution in [3.63, 3.8) is 0 Å². The SMILES string of the molecule is CCC(C)CNCCCC1CCCO1. The van der Waals surface area contributed by atoms with Crippen LogP contribution in [0, 0.1) is 5.92 Å². The highest BCUT2D eigenvalue weighted by atomic mass is 16.5. The van der Waals surface area contributed by atoms with Crippen LogP contribution in [-0.2, 0) is 4.74 Å². The fourth-order valence-corrected chi connectivity index (χ4v) is 1.82. The third kappa shape index (κ3) is 4.97. The zero-order valence-corrected chi connectivity index (χ0v) is 9.72. The second-order valence-electron chi connectivity index (χ2n) is 4.49. The fraction of sp³-hybridized carbons (Fsp3) is 1.00. The monoisotopic (exact) mass is 199 g/mol. The highest BCUT2D eigenvalue weighted by Gasteiger charge is 2.14. The van der Waals surface area contributed by atoms with E-state index in [9.17, 15) is 0 Å². The summed E-state index contributed by atoms with van der Waals surface area (Å²) < 4.78 is 5.57. The van der Waals surface area contributed by atoms with Gasteiger partial charge in [0.2, 0.25) is 0 Å². The Morgan fingerprint density at radius 3 is 3.00 bits per heavy atom. The van der Waals surface area contributed by atoms with Gasteiger partial charge in [-0.2, -0.15) is 0 Å². The molecule has 1 aliphatic rings. The molecule has 2 unspecified atom stereocenters. The van der Waals surface area contributed by atoms with Gasteiger partial charge in [-0.25, -0.2) is 0 Å². The van der Waals surface area contributed by atoms with E-state index in [2.05, 4.69) is 19.2 Å². The van der Waals surface area contributed by atoms with Gasteiger partial charge >= 0.3 is 0 Å². The first-order valence-corrected chi connectivity index (χ1v) is 6.15. The van der Waals surface area contributed by atoms with Gasteiger partial charge in [0.25, 0.3) is 0 Å². The maximum atomic E-state index is 5.57. The molecule has 1 fully saturated rings. The second-order valence-corrected chi connectivity index (χ2v) is 4.49. The number of nitrogens with one attached hydrogen (secondary N) is 1. The Morgan fingerprint density at radius 2 is 2.36 bits per heavy atom. The van der Waals surface area contributed by atoms with Crippen molar-refractivity contribution < 1.29 is 4.74 Å². The van der Waals surface area contributed by atoms with E-state index in [1.54, 1.807) is 0 Å². The summed E-state index contributed by atoms with van der Waals surface area (Å²) in [6.45, 7) is 7.86. The lowest BCUT2D eigenvalue weighted by Gasteiger charge is -2.11. The van der Waals surface area contributed by atoms with Gasteiger partial charge in [0.05, 0.1) is 6.10 Å². The summed E-state index contributed by atoms with van der Waals surface area (Å²) >= 11 is 0. The van der Waals surface area contributed by atoms with Crippen LogP contribution in [0.15, 0.2) is 0 Å². The Labute approximate surface area is 88.4 Å². The van der Waals surface area contributed by atoms with Crippen LogP contribution in [0.1, 0.15) is 46.0 Å². The first-order valence-electron chi connectivity index (χ1n) is 6.15. The molecule has 0 radical (unpaired) electrons. The van der Waals surface area contributed by atoms with Crippen LogP contribution < -0.4 is 5.32 Å². The molecule has 1 saturated heterocycles. The third-order valence-corrected chi connectivity index (χ3v) is 3.09. The summed E-state index contributed by atoms with van der Waals surface area (Å²) in [5.74, 6) is 0.817. The molecule has 0 aromatic rings. The zero-order valence-electron chi connectivity index (χ0n) is 9.72. The maximum absolute atomic E-state index is 5.57. The van der Waals surface area contributed by atoms with E-state index in [1.165, 1.54) is 38.6 Å². The van der Waals surface area contributed by atoms with Crippen molar-refractivity contribution in [3.8, 4) is 0 Å². The normalized spacial score (nSPS) is 24.0. The number of ether oxygens (including phenoxy) is 1. The van der Waals surface area contributed by atoms with E-state index >= 15 is 0 Å². The van der Waals surface area contributed by atoms with Gasteiger partial charge in [-0.05, 0) is 44.7 Å². The maximum Gasteiger partial charge on any atom is 0.0576 e. The lowest BCUT2D eigenvalue weighted by molar-refractivity contribution is 0.102. The highest BCUT2D eigenvalue weighted by Crippen LogP contribution is 2.16. The highest BCUT2D eigenvalue weighted by molar-refractivity contribution is 4.65. The summed E-state index contributed by atoms with van der Waals surface area (Å²) in [7, 11) is 0. The van der Waals surface area contributed by atoms with Crippen LogP contribution in [0.3, 0.4) is 0 Å². The smallest absolute Gasteiger partial charge is 0.0576 e. The molecule has 0 aliphatic carbocycles. The molecule has 2 heteroatoms. The number of hydrogen-bond acceptors (Lipinski definition) is 2. The molecule has 1 rings (SSSR count). The van der Waals surface area contributed by atoms with Crippen molar-refractivity contribution in [3.05, 3.63) is 0 Å². The van der Waals surface area contributed by atoms with Crippen LogP contribution in [0.4, 0.5) is 0 Å². The molecule has 1 aliphatic heterocycles. The average Bonchev–Trinajstić information content (AvgIpc) is 2.69. The minimum atomic E-state index is 0.570. The largest absolute Gasteiger partial charge is 0.378 e. The van der Waals surface area contributed by atoms with E-state index in [4.69, 9.17) is 4.74 Å². The Morgan fingerprint density at radius 1 is 1.50 bits per heavy atom. The Kier molecular flexibility index (Phi) is 6.20. The Hall–Kier alpha value is -0.0800. The first kappa shape index (κ1) is 12.0. The minimum absolute atomic E-state index is 0.570. The van der Waals surface area contributed by atoms with Crippen molar-refractivity contribution >= 4 is 0 Å². The van der Waals surface area contributed by atoms with Gasteiger partial charge in [-0.15, -0.1) is 0 Å². The van der Waals surface area contributed by atoms with E-state index < -0.39 is 0 Å². The Balaban J connectivity index is 1.84. The van der Waals surface area contributed by atoms with Crippen LogP contribution in [0.5, 0.6) is 0 Å². The first-order chi connectivity index (χ1) is 6.83. The molecule has 0 spiro atoms. The summed E-state index contributed by atoms with van der Waals surface area (Å²) in [4.78, 5) is 0. The van der Waals surface area contributed by atoms with Gasteiger partial charge in [0.1, 0.15) is 0 Å². The molecule has 1 N–H and O–H groups in total. The van der Waals surface area contributed by atoms with Crippen molar-refractivity contribution in [2.75, 3.05) is 19.7 Å². The van der Waals surface area contributed by atoms with Gasteiger partial charge in [0.15, 0.2) is 0 Å². The molecule has 0 amide bonds. The fourth-order valence-electron chi connectivity index (χ4n) is 1.82. The number of hydrogen-bond donors (Lipinski definition) is 1. The third-order valence-electron chi connectivity index (χ3n) is 3.09.